The Morgan fingerprint density at radius 1 is 0.721 bits per heavy atom. The standard InChI is InChI=1S/C23H22O11.C16H12O9S.CH4/c1-8-18(27)11(23(31)32)7-16(19(8)28)33-14-4-9(2-3-12(14)25)22-21(30)20(29)17-13(26)5-10(24)6-15(17)34-22;1-7-2-3-8(4-11(7)25-26(21,22)23)16-15(20)14(19)13-10(18)5-9(17)6-12(13)24-16;/h2-6,8,11,16,18-19,24-28,30H,7H2,1H3,(H,31,32);2-6,17-18,20H,1H3,(H,21,22,23);1H4/p-1/t8-,11-,16?,18-,19+;;/m0../s1. The van der Waals surface area contributed by atoms with Crippen LogP contribution in [0.3, 0.4) is 0 Å². The highest BCUT2D eigenvalue weighted by Gasteiger charge is 2.45. The van der Waals surface area contributed by atoms with E-state index in [0.717, 1.165) is 30.3 Å². The van der Waals surface area contributed by atoms with Crippen LogP contribution in [-0.2, 0) is 15.2 Å². The fourth-order valence-corrected chi connectivity index (χ4v) is 7.00. The third-order valence-corrected chi connectivity index (χ3v) is 10.1. The second kappa shape index (κ2) is 16.8. The van der Waals surface area contributed by atoms with Crippen LogP contribution in [0.15, 0.2) is 79.1 Å². The van der Waals surface area contributed by atoms with Crippen LogP contribution in [0, 0.1) is 18.8 Å². The lowest BCUT2D eigenvalue weighted by molar-refractivity contribution is -0.160. The summed E-state index contributed by atoms with van der Waals surface area (Å²) in [5.41, 5.74) is -1.92. The zero-order valence-electron chi connectivity index (χ0n) is 30.8. The summed E-state index contributed by atoms with van der Waals surface area (Å²) in [7, 11) is -5.03. The molecule has 1 aliphatic carbocycles. The average Bonchev–Trinajstić information content (AvgIpc) is 3.15. The molecule has 0 radical (unpaired) electrons. The molecular formula is C40H37O20S-. The van der Waals surface area contributed by atoms with Gasteiger partial charge in [0.2, 0.25) is 22.4 Å². The molecule has 1 aliphatic rings. The minimum atomic E-state index is -5.03. The Bertz CT molecular complexity index is 2920. The smallest absolute Gasteiger partial charge is 0.309 e. The van der Waals surface area contributed by atoms with E-state index in [1.165, 1.54) is 44.2 Å². The van der Waals surface area contributed by atoms with E-state index in [0.29, 0.717) is 5.56 Å². The molecule has 21 heteroatoms. The predicted octanol–water partition coefficient (Wildman–Crippen LogP) is 3.85. The summed E-state index contributed by atoms with van der Waals surface area (Å²) in [6, 6.07) is 11.5. The number of aromatic hydroxyl groups is 7. The van der Waals surface area contributed by atoms with Crippen LogP contribution in [-0.4, -0.2) is 88.3 Å². The van der Waals surface area contributed by atoms with Gasteiger partial charge < -0.3 is 73.4 Å². The maximum Gasteiger partial charge on any atom is 0.309 e. The van der Waals surface area contributed by atoms with Gasteiger partial charge >= 0.3 is 5.97 Å². The molecule has 0 saturated heterocycles. The van der Waals surface area contributed by atoms with Crippen LogP contribution in [0.25, 0.3) is 44.6 Å². The Morgan fingerprint density at radius 3 is 1.67 bits per heavy atom. The van der Waals surface area contributed by atoms with Crippen molar-refractivity contribution in [3.8, 4) is 74.4 Å². The number of ether oxygens (including phenoxy) is 1. The summed E-state index contributed by atoms with van der Waals surface area (Å²) in [6.45, 7) is 2.96. The number of phenolic OH excluding ortho intramolecular Hbond substituents is 5. The highest BCUT2D eigenvalue weighted by atomic mass is 32.3. The Hall–Kier alpha value is -7.20. The zero-order valence-corrected chi connectivity index (χ0v) is 31.6. The topological polar surface area (TPSA) is 355 Å². The monoisotopic (exact) mass is 869 g/mol. The summed E-state index contributed by atoms with van der Waals surface area (Å²) in [6.07, 6.45) is -3.86. The summed E-state index contributed by atoms with van der Waals surface area (Å²) in [4.78, 5) is 36.4. The van der Waals surface area contributed by atoms with Gasteiger partial charge in [-0.15, -0.1) is 0 Å². The zero-order chi connectivity index (χ0) is 44.1. The number of aliphatic hydroxyl groups excluding tert-OH is 2. The fourth-order valence-electron chi connectivity index (χ4n) is 6.60. The van der Waals surface area contributed by atoms with Crippen molar-refractivity contribution in [3.05, 3.63) is 86.7 Å². The number of phenols is 5. The van der Waals surface area contributed by atoms with E-state index < -0.39 is 80.4 Å². The minimum Gasteiger partial charge on any atom is -0.716 e. The van der Waals surface area contributed by atoms with Crippen LogP contribution in [0.5, 0.6) is 51.7 Å². The van der Waals surface area contributed by atoms with Crippen molar-refractivity contribution < 1.29 is 86.6 Å². The number of carboxylic acid groups (broad SMARTS) is 1. The van der Waals surface area contributed by atoms with E-state index in [-0.39, 0.29) is 87.2 Å². The normalized spacial score (nSPS) is 18.7. The number of carbonyl (C=O) groups is 1. The van der Waals surface area contributed by atoms with Crippen molar-refractivity contribution in [2.75, 3.05) is 0 Å². The molecule has 2 heterocycles. The molecule has 2 aromatic heterocycles. The minimum absolute atomic E-state index is 0. The van der Waals surface area contributed by atoms with E-state index >= 15 is 0 Å². The van der Waals surface area contributed by atoms with E-state index in [9.17, 15) is 78.4 Å². The second-order valence-electron chi connectivity index (χ2n) is 13.7. The molecule has 7 rings (SSSR count). The van der Waals surface area contributed by atoms with Gasteiger partial charge in [0, 0.05) is 47.7 Å². The number of aryl methyl sites for hydroxylation is 1. The summed E-state index contributed by atoms with van der Waals surface area (Å²) < 4.78 is 53.4. The summed E-state index contributed by atoms with van der Waals surface area (Å²) in [5, 5.41) is 99.1. The predicted molar refractivity (Wildman–Crippen MR) is 211 cm³/mol. The van der Waals surface area contributed by atoms with Crippen molar-refractivity contribution in [3.63, 3.8) is 0 Å². The molecular weight excluding hydrogens is 832 g/mol. The first-order valence-corrected chi connectivity index (χ1v) is 18.7. The molecule has 0 spiro atoms. The second-order valence-corrected chi connectivity index (χ2v) is 14.7. The van der Waals surface area contributed by atoms with Crippen LogP contribution in [0.2, 0.25) is 0 Å². The van der Waals surface area contributed by atoms with Crippen molar-refractivity contribution >= 4 is 38.3 Å². The van der Waals surface area contributed by atoms with E-state index in [4.69, 9.17) is 13.6 Å². The number of rotatable bonds is 7. The molecule has 20 nitrogen and oxygen atoms in total. The van der Waals surface area contributed by atoms with Gasteiger partial charge in [-0.05, 0) is 36.8 Å². The van der Waals surface area contributed by atoms with Crippen LogP contribution in [0.1, 0.15) is 26.3 Å². The molecule has 324 valence electrons. The fraction of sp³-hybridized carbons (Fsp3) is 0.225. The highest BCUT2D eigenvalue weighted by Crippen LogP contribution is 2.41. The molecule has 0 aliphatic heterocycles. The van der Waals surface area contributed by atoms with Gasteiger partial charge in [-0.2, -0.15) is 0 Å². The summed E-state index contributed by atoms with van der Waals surface area (Å²) in [5.74, 6) is -8.48. The van der Waals surface area contributed by atoms with Crippen LogP contribution in [0.4, 0.5) is 0 Å². The lowest BCUT2D eigenvalue weighted by Gasteiger charge is -2.39. The number of fused-ring (bicyclic) bond motifs is 2. The summed E-state index contributed by atoms with van der Waals surface area (Å²) >= 11 is 0. The van der Waals surface area contributed by atoms with Gasteiger partial charge in [-0.25, -0.2) is 8.42 Å². The van der Waals surface area contributed by atoms with Gasteiger partial charge in [0.05, 0.1) is 18.1 Å². The molecule has 1 unspecified atom stereocenters. The largest absolute Gasteiger partial charge is 0.716 e. The number of aliphatic hydroxyl groups is 2. The Labute approximate surface area is 343 Å². The SMILES string of the molecule is C.C[C@H]1[C@H](O)[C@@H](C(=O)O)CC(Oc2cc(-c3oc4cc(O)cc(O)c4c(=O)c3O)ccc2O)[C@@H]1O.Cc1ccc(-c2oc3cc(O)cc(O)c3c(=O)c2O)cc1OS(=O)(=O)[O-]. The molecule has 4 aromatic carbocycles. The quantitative estimate of drug-likeness (QED) is 0.0804. The molecule has 61 heavy (non-hydrogen) atoms. The van der Waals surface area contributed by atoms with Gasteiger partial charge in [0.25, 0.3) is 10.4 Å². The molecule has 5 atom stereocenters. The Kier molecular flexibility index (Phi) is 12.4. The Balaban J connectivity index is 0.000000235. The van der Waals surface area contributed by atoms with Crippen LogP contribution >= 0.6 is 0 Å². The van der Waals surface area contributed by atoms with Crippen molar-refractivity contribution in [1.29, 1.82) is 0 Å². The first kappa shape index (κ1) is 44.9. The van der Waals surface area contributed by atoms with E-state index in [1.54, 1.807) is 0 Å². The maximum atomic E-state index is 12.6. The molecule has 1 saturated carbocycles. The first-order chi connectivity index (χ1) is 28.1. The molecule has 6 aromatic rings. The lowest BCUT2D eigenvalue weighted by atomic mass is 9.76. The van der Waals surface area contributed by atoms with Crippen molar-refractivity contribution in [2.24, 2.45) is 11.8 Å². The number of benzene rings is 4. The van der Waals surface area contributed by atoms with Crippen LogP contribution < -0.4 is 19.8 Å². The van der Waals surface area contributed by atoms with Crippen molar-refractivity contribution in [2.45, 2.75) is 46.0 Å². The molecule has 0 amide bonds. The Morgan fingerprint density at radius 2 is 1.20 bits per heavy atom. The van der Waals surface area contributed by atoms with Crippen molar-refractivity contribution in [1.82, 2.24) is 0 Å². The van der Waals surface area contributed by atoms with Gasteiger partial charge in [0.15, 0.2) is 23.0 Å². The first-order valence-electron chi connectivity index (χ1n) is 17.3. The lowest BCUT2D eigenvalue weighted by Crippen LogP contribution is -2.52. The number of hydrogen-bond donors (Lipinski definition) is 10. The van der Waals surface area contributed by atoms with Gasteiger partial charge in [-0.1, -0.05) is 26.5 Å². The third-order valence-electron chi connectivity index (χ3n) is 9.69. The van der Waals surface area contributed by atoms with E-state index in [2.05, 4.69) is 4.18 Å². The molecule has 0 bridgehead atoms. The number of hydrogen-bond acceptors (Lipinski definition) is 19. The molecule has 1 fully saturated rings. The molecule has 10 N–H and O–H groups in total. The number of carboxylic acids is 1. The van der Waals surface area contributed by atoms with E-state index in [1.807, 2.05) is 0 Å². The highest BCUT2D eigenvalue weighted by molar-refractivity contribution is 7.81. The van der Waals surface area contributed by atoms with Gasteiger partial charge in [-0.3, -0.25) is 14.4 Å². The maximum absolute atomic E-state index is 12.6. The average molecular weight is 870 g/mol. The third kappa shape index (κ3) is 8.89. The number of aliphatic carboxylic acids is 1. The van der Waals surface area contributed by atoms with Gasteiger partial charge in [0.1, 0.15) is 56.8 Å².